The Morgan fingerprint density at radius 2 is 0.692 bits per heavy atom. The number of aromatic nitrogens is 9. The van der Waals surface area contributed by atoms with Gasteiger partial charge in [-0.05, 0) is 308 Å². The molecule has 23 nitrogen and oxygen atoms in total. The van der Waals surface area contributed by atoms with Gasteiger partial charge in [-0.1, -0.05) is 151 Å². The summed E-state index contributed by atoms with van der Waals surface area (Å²) in [5, 5.41) is 79.0. The molecule has 0 aliphatic rings. The number of hydrogen-bond acceptors (Lipinski definition) is 22. The number of aryl methyl sites for hydroxylation is 11. The Labute approximate surface area is 718 Å². The van der Waals surface area contributed by atoms with Crippen molar-refractivity contribution >= 4 is 164 Å². The number of phenolic OH excluding ortho intramolecular Hbond substituents is 4. The van der Waals surface area contributed by atoms with Crippen LogP contribution in [0.4, 0.5) is 75.0 Å². The fraction of sp³-hybridized carbons (Fsp3) is 0.280. The number of rotatable bonds is 27. The van der Waals surface area contributed by atoms with E-state index in [1.807, 2.05) is 165 Å². The number of nitrogen functional groups attached to an aromatic ring is 1. The molecule has 0 bridgehead atoms. The first-order valence-corrected chi connectivity index (χ1v) is 41.8. The van der Waals surface area contributed by atoms with E-state index in [0.29, 0.717) is 56.0 Å². The highest BCUT2D eigenvalue weighted by Crippen LogP contribution is 2.46. The van der Waals surface area contributed by atoms with Crippen molar-refractivity contribution in [1.82, 2.24) is 44.9 Å². The van der Waals surface area contributed by atoms with E-state index >= 15 is 0 Å². The summed E-state index contributed by atoms with van der Waals surface area (Å²) < 4.78 is 0. The summed E-state index contributed by atoms with van der Waals surface area (Å²) in [4.78, 5) is 47.4. The fourth-order valence-electron chi connectivity index (χ4n) is 14.2. The van der Waals surface area contributed by atoms with Crippen LogP contribution in [-0.4, -0.2) is 65.3 Å². The van der Waals surface area contributed by atoms with E-state index in [0.717, 1.165) is 102 Å². The van der Waals surface area contributed by atoms with E-state index in [9.17, 15) is 25.2 Å². The minimum absolute atomic E-state index is 0.000440. The van der Waals surface area contributed by atoms with E-state index in [1.54, 1.807) is 12.1 Å². The third kappa shape index (κ3) is 24.5. The standard InChI is InChI=1S/C39H47N7O2.C27H28Cl2N6O.C15H12Cl2N4O.C12H13NO/c1-5-7-9-11-13-28-15-19-31(20-16-28)40-37-42-38(44-39(48)43-37)41-33-24-26(3)23-30-25-27(4)35(36(47)34(30)33)46-45-32-21-17-29(18-22-32)14-12-10-8-6-2;1-4-5-6-7-8-18-9-11-20(12-10-18)34-35-23-17(3)15-19-13-16(2)14-21(22(19)24(23)36)30-27-32-25(28)31-26(29)33-27;1-7-3-9-4-8(2)6-11(22)12(9)10(5-7)18-15-20-13(16)19-14(17)21-15;1-7-3-9-4-8(2)6-11(14)12(9)10(13)5-7/h15-25,47H,5-14H2,1-4H3,(H3,40,41,42,43,44,48);9-15,36H,4-8H2,1-3H3,(H,30,31,32,33);3-6,22H,1-2H3,(H,18,19,20,21);3-6,14H,13H2,1-2H3. The predicted octanol–water partition coefficient (Wildman–Crippen LogP) is 26.9. The molecule has 0 aliphatic heterocycles. The number of hydrogen-bond donors (Lipinski definition) is 10. The molecule has 0 unspecified atom stereocenters. The van der Waals surface area contributed by atoms with Crippen LogP contribution >= 0.6 is 46.4 Å². The smallest absolute Gasteiger partial charge is 0.351 e. The van der Waals surface area contributed by atoms with Gasteiger partial charge in [-0.3, -0.25) is 4.98 Å². The van der Waals surface area contributed by atoms with Crippen LogP contribution in [-0.2, 0) is 19.3 Å². The molecule has 0 atom stereocenters. The Bertz CT molecular complexity index is 6010. The lowest BCUT2D eigenvalue weighted by Gasteiger charge is -2.14. The van der Waals surface area contributed by atoms with Crippen LogP contribution in [0, 0.1) is 55.4 Å². The van der Waals surface area contributed by atoms with Gasteiger partial charge in [0.25, 0.3) is 0 Å². The molecule has 27 heteroatoms. The number of nitrogens with one attached hydrogen (secondary N) is 5. The molecule has 11 N–H and O–H groups in total. The topological polar surface area (TPSA) is 340 Å². The summed E-state index contributed by atoms with van der Waals surface area (Å²) in [6.45, 7) is 22.2. The van der Waals surface area contributed by atoms with E-state index in [2.05, 4.69) is 144 Å². The molecular formula is C93H100Cl4N18O5. The van der Waals surface area contributed by atoms with Crippen LogP contribution in [0.5, 0.6) is 23.0 Å². The zero-order valence-electron chi connectivity index (χ0n) is 69.3. The lowest BCUT2D eigenvalue weighted by Crippen LogP contribution is -2.16. The Hall–Kier alpha value is -12.2. The number of H-pyrrole nitrogens is 1. The van der Waals surface area contributed by atoms with Crippen LogP contribution in [0.15, 0.2) is 183 Å². The number of aromatic hydroxyl groups is 4. The first kappa shape index (κ1) is 88.7. The van der Waals surface area contributed by atoms with Crippen LogP contribution in [0.1, 0.15) is 159 Å². The van der Waals surface area contributed by atoms with Crippen LogP contribution in [0.3, 0.4) is 0 Å². The molecular weight excluding hydrogens is 1590 g/mol. The van der Waals surface area contributed by atoms with Crippen molar-refractivity contribution in [3.05, 3.63) is 251 Å². The average Bonchev–Trinajstić information content (AvgIpc) is 0.774. The van der Waals surface area contributed by atoms with Gasteiger partial charge < -0.3 is 47.4 Å². The van der Waals surface area contributed by atoms with Crippen molar-refractivity contribution in [1.29, 1.82) is 0 Å². The summed E-state index contributed by atoms with van der Waals surface area (Å²) in [5.74, 6) is 1.19. The Kier molecular flexibility index (Phi) is 31.0. The van der Waals surface area contributed by atoms with Gasteiger partial charge in [-0.25, -0.2) is 4.79 Å². The van der Waals surface area contributed by atoms with Gasteiger partial charge in [0, 0.05) is 32.9 Å². The number of unbranched alkanes of at least 4 members (excludes halogenated alkanes) is 9. The zero-order chi connectivity index (χ0) is 85.7. The first-order chi connectivity index (χ1) is 57.6. The maximum Gasteiger partial charge on any atom is 0.351 e. The lowest BCUT2D eigenvalue weighted by molar-refractivity contribution is 0.481. The van der Waals surface area contributed by atoms with Crippen molar-refractivity contribution in [2.75, 3.05) is 27.0 Å². The Morgan fingerprint density at radius 3 is 1.08 bits per heavy atom. The van der Waals surface area contributed by atoms with Crippen LogP contribution < -0.4 is 32.7 Å². The molecule has 14 rings (SSSR count). The van der Waals surface area contributed by atoms with Crippen LogP contribution in [0.25, 0.3) is 43.1 Å². The average molecular weight is 1690 g/mol. The van der Waals surface area contributed by atoms with Gasteiger partial charge >= 0.3 is 5.69 Å². The second-order valence-electron chi connectivity index (χ2n) is 30.1. The third-order valence-corrected chi connectivity index (χ3v) is 20.5. The van der Waals surface area contributed by atoms with Gasteiger partial charge in [0.2, 0.25) is 44.9 Å². The molecule has 14 aromatic rings. The summed E-state index contributed by atoms with van der Waals surface area (Å²) in [6, 6.07) is 51.3. The SMILES string of the molecule is CCCCCCc1ccc(N=Nc2c(C)cc3cc(C)cc(Nc4nc(Cl)nc(Cl)n4)c3c2O)cc1.CCCCCCc1ccc(N=Nc2c(C)cc3cc(C)cc(Nc4nc(Nc5ccc(CCCCCC)cc5)[nH]c(=O)n4)c3c2O)cc1.Cc1cc(N)c2c(O)cc(C)cc2c1.Cc1cc(O)c2c(Nc3nc(Cl)nc(Cl)n3)cc(C)cc2c1. The number of nitrogens with zero attached hydrogens (tertiary/aromatic N) is 12. The van der Waals surface area contributed by atoms with Gasteiger partial charge in [0.1, 0.15) is 22.9 Å². The number of benzene rings is 11. The molecule has 3 aromatic heterocycles. The highest BCUT2D eigenvalue weighted by Gasteiger charge is 2.20. The summed E-state index contributed by atoms with van der Waals surface area (Å²) in [7, 11) is 0. The number of phenols is 4. The molecule has 0 fully saturated rings. The monoisotopic (exact) mass is 1690 g/mol. The van der Waals surface area contributed by atoms with E-state index in [4.69, 9.17) is 52.1 Å². The summed E-state index contributed by atoms with van der Waals surface area (Å²) >= 11 is 23.4. The van der Waals surface area contributed by atoms with Crippen molar-refractivity contribution in [3.8, 4) is 23.0 Å². The second kappa shape index (κ2) is 42.0. The molecule has 0 spiro atoms. The van der Waals surface area contributed by atoms with E-state index in [-0.39, 0.29) is 67.9 Å². The van der Waals surface area contributed by atoms with Crippen molar-refractivity contribution in [2.24, 2.45) is 20.5 Å². The van der Waals surface area contributed by atoms with Crippen LogP contribution in [0.2, 0.25) is 21.1 Å². The number of fused-ring (bicyclic) bond motifs is 4. The summed E-state index contributed by atoms with van der Waals surface area (Å²) in [6.07, 6.45) is 17.9. The highest BCUT2D eigenvalue weighted by molar-refractivity contribution is 6.31. The molecule has 0 aliphatic carbocycles. The van der Waals surface area contributed by atoms with Crippen molar-refractivity contribution < 1.29 is 20.4 Å². The molecule has 620 valence electrons. The van der Waals surface area contributed by atoms with Crippen molar-refractivity contribution in [2.45, 2.75) is 172 Å². The molecule has 0 amide bonds. The largest absolute Gasteiger partial charge is 0.507 e. The predicted molar refractivity (Wildman–Crippen MR) is 491 cm³/mol. The van der Waals surface area contributed by atoms with E-state index < -0.39 is 5.69 Å². The Morgan fingerprint density at radius 1 is 0.358 bits per heavy atom. The number of halogens is 4. The molecule has 3 heterocycles. The van der Waals surface area contributed by atoms with E-state index in [1.165, 1.54) is 93.7 Å². The minimum atomic E-state index is -0.555. The number of azo groups is 2. The molecule has 0 saturated heterocycles. The first-order valence-electron chi connectivity index (χ1n) is 40.2. The third-order valence-electron chi connectivity index (χ3n) is 19.8. The lowest BCUT2D eigenvalue weighted by atomic mass is 10.0. The number of nitrogens with two attached hydrogens (primary N) is 1. The van der Waals surface area contributed by atoms with Crippen molar-refractivity contribution in [3.63, 3.8) is 0 Å². The maximum atomic E-state index is 12.6. The van der Waals surface area contributed by atoms with Gasteiger partial charge in [0.05, 0.1) is 28.4 Å². The fourth-order valence-corrected chi connectivity index (χ4v) is 14.9. The molecule has 0 saturated carbocycles. The zero-order valence-corrected chi connectivity index (χ0v) is 72.3. The second-order valence-corrected chi connectivity index (χ2v) is 31.5. The van der Waals surface area contributed by atoms with Gasteiger partial charge in [-0.2, -0.15) is 50.1 Å². The molecule has 11 aromatic carbocycles. The highest BCUT2D eigenvalue weighted by atomic mass is 35.5. The van der Waals surface area contributed by atoms with Gasteiger partial charge in [-0.15, -0.1) is 10.2 Å². The minimum Gasteiger partial charge on any atom is -0.507 e. The quantitative estimate of drug-likeness (QED) is 0.0130. The normalized spacial score (nSPS) is 11.3. The summed E-state index contributed by atoms with van der Waals surface area (Å²) in [5.41, 5.74) is 22.3. The Balaban J connectivity index is 0.000000170. The molecule has 0 radical (unpaired) electrons. The number of aromatic amines is 1. The maximum absolute atomic E-state index is 12.6. The molecule has 120 heavy (non-hydrogen) atoms. The van der Waals surface area contributed by atoms with Gasteiger partial charge in [0.15, 0.2) is 11.5 Å². The number of anilines is 9.